The summed E-state index contributed by atoms with van der Waals surface area (Å²) in [4.78, 5) is 7.65. The number of halogens is 4. The SMILES string of the molecule is Nc1nc(Cl)c(-c2cc(Cl)ccc2Cl)c(Cl)n1. The number of aromatic nitrogens is 2. The van der Waals surface area contributed by atoms with Gasteiger partial charge in [0.2, 0.25) is 5.95 Å². The van der Waals surface area contributed by atoms with E-state index in [0.29, 0.717) is 21.2 Å². The van der Waals surface area contributed by atoms with Crippen molar-refractivity contribution in [3.63, 3.8) is 0 Å². The Hall–Kier alpha value is -0.740. The van der Waals surface area contributed by atoms with Gasteiger partial charge in [-0.3, -0.25) is 0 Å². The van der Waals surface area contributed by atoms with Gasteiger partial charge in [-0.1, -0.05) is 46.4 Å². The molecule has 0 saturated carbocycles. The normalized spacial score (nSPS) is 10.6. The van der Waals surface area contributed by atoms with E-state index in [1.165, 1.54) is 0 Å². The molecule has 17 heavy (non-hydrogen) atoms. The fraction of sp³-hybridized carbons (Fsp3) is 0. The van der Waals surface area contributed by atoms with Crippen LogP contribution in [0.25, 0.3) is 11.1 Å². The molecule has 0 radical (unpaired) electrons. The molecule has 3 nitrogen and oxygen atoms in total. The van der Waals surface area contributed by atoms with E-state index in [1.807, 2.05) is 0 Å². The van der Waals surface area contributed by atoms with Crippen molar-refractivity contribution in [2.45, 2.75) is 0 Å². The lowest BCUT2D eigenvalue weighted by atomic mass is 10.1. The fourth-order valence-electron chi connectivity index (χ4n) is 1.33. The van der Waals surface area contributed by atoms with Gasteiger partial charge in [0, 0.05) is 15.6 Å². The van der Waals surface area contributed by atoms with Crippen LogP contribution in [0.4, 0.5) is 5.95 Å². The number of nitrogens with zero attached hydrogens (tertiary/aromatic N) is 2. The third kappa shape index (κ3) is 2.58. The van der Waals surface area contributed by atoms with Crippen LogP contribution in [0.1, 0.15) is 0 Å². The number of rotatable bonds is 1. The van der Waals surface area contributed by atoms with Crippen molar-refractivity contribution in [3.8, 4) is 11.1 Å². The number of nitrogens with two attached hydrogens (primary N) is 1. The minimum atomic E-state index is 0.00176. The highest BCUT2D eigenvalue weighted by atomic mass is 35.5. The fourth-order valence-corrected chi connectivity index (χ4v) is 2.32. The number of benzene rings is 1. The number of anilines is 1. The average molecular weight is 309 g/mol. The molecule has 88 valence electrons. The van der Waals surface area contributed by atoms with Gasteiger partial charge in [0.1, 0.15) is 10.3 Å². The molecule has 0 aliphatic rings. The summed E-state index contributed by atoms with van der Waals surface area (Å²) in [5.41, 5.74) is 6.40. The van der Waals surface area contributed by atoms with Gasteiger partial charge in [0.05, 0.1) is 5.56 Å². The standard InChI is InChI=1S/C10H5Cl4N3/c11-4-1-2-6(12)5(3-4)7-8(13)16-10(15)17-9(7)14/h1-3H,(H2,15,16,17). The van der Waals surface area contributed by atoms with Crippen LogP contribution in [-0.4, -0.2) is 9.97 Å². The van der Waals surface area contributed by atoms with Crippen molar-refractivity contribution in [2.24, 2.45) is 0 Å². The van der Waals surface area contributed by atoms with Crippen molar-refractivity contribution < 1.29 is 0 Å². The van der Waals surface area contributed by atoms with Crippen molar-refractivity contribution in [1.29, 1.82) is 0 Å². The van der Waals surface area contributed by atoms with Crippen LogP contribution in [0.3, 0.4) is 0 Å². The van der Waals surface area contributed by atoms with E-state index >= 15 is 0 Å². The summed E-state index contributed by atoms with van der Waals surface area (Å²) in [7, 11) is 0. The minimum Gasteiger partial charge on any atom is -0.368 e. The minimum absolute atomic E-state index is 0.00176. The van der Waals surface area contributed by atoms with E-state index in [1.54, 1.807) is 18.2 Å². The van der Waals surface area contributed by atoms with Crippen LogP contribution in [-0.2, 0) is 0 Å². The average Bonchev–Trinajstić information content (AvgIpc) is 2.21. The highest BCUT2D eigenvalue weighted by Gasteiger charge is 2.15. The molecule has 0 spiro atoms. The van der Waals surface area contributed by atoms with Gasteiger partial charge in [-0.25, -0.2) is 9.97 Å². The molecule has 0 aliphatic carbocycles. The molecular weight excluding hydrogens is 304 g/mol. The van der Waals surface area contributed by atoms with Crippen LogP contribution in [0.15, 0.2) is 18.2 Å². The summed E-state index contributed by atoms with van der Waals surface area (Å²) in [6.45, 7) is 0. The topological polar surface area (TPSA) is 51.8 Å². The largest absolute Gasteiger partial charge is 0.368 e. The third-order valence-electron chi connectivity index (χ3n) is 2.04. The van der Waals surface area contributed by atoms with E-state index in [4.69, 9.17) is 52.1 Å². The lowest BCUT2D eigenvalue weighted by molar-refractivity contribution is 1.19. The van der Waals surface area contributed by atoms with E-state index in [9.17, 15) is 0 Å². The van der Waals surface area contributed by atoms with Crippen LogP contribution < -0.4 is 5.73 Å². The van der Waals surface area contributed by atoms with Crippen molar-refractivity contribution in [3.05, 3.63) is 38.6 Å². The highest BCUT2D eigenvalue weighted by molar-refractivity contribution is 6.40. The lowest BCUT2D eigenvalue weighted by Gasteiger charge is -2.08. The van der Waals surface area contributed by atoms with Crippen LogP contribution >= 0.6 is 46.4 Å². The van der Waals surface area contributed by atoms with E-state index < -0.39 is 0 Å². The van der Waals surface area contributed by atoms with Gasteiger partial charge in [-0.2, -0.15) is 0 Å². The van der Waals surface area contributed by atoms with Gasteiger partial charge >= 0.3 is 0 Å². The van der Waals surface area contributed by atoms with Crippen molar-refractivity contribution in [1.82, 2.24) is 9.97 Å². The molecular formula is C10H5Cl4N3. The molecule has 0 saturated heterocycles. The van der Waals surface area contributed by atoms with Crippen LogP contribution in [0.5, 0.6) is 0 Å². The molecule has 0 atom stereocenters. The molecule has 2 N–H and O–H groups in total. The maximum atomic E-state index is 6.05. The Bertz CT molecular complexity index is 563. The molecule has 0 amide bonds. The maximum absolute atomic E-state index is 6.05. The second-order valence-corrected chi connectivity index (χ2v) is 4.72. The van der Waals surface area contributed by atoms with E-state index in [2.05, 4.69) is 9.97 Å². The Labute approximate surface area is 117 Å². The summed E-state index contributed by atoms with van der Waals surface area (Å²) in [5, 5.41) is 1.22. The Morgan fingerprint density at radius 3 is 2.12 bits per heavy atom. The smallest absolute Gasteiger partial charge is 0.222 e. The summed E-state index contributed by atoms with van der Waals surface area (Å²) in [6, 6.07) is 4.94. The molecule has 0 aliphatic heterocycles. The van der Waals surface area contributed by atoms with Crippen LogP contribution in [0.2, 0.25) is 20.4 Å². The lowest BCUT2D eigenvalue weighted by Crippen LogP contribution is -1.98. The Kier molecular flexibility index (Phi) is 3.64. The second kappa shape index (κ2) is 4.86. The predicted molar refractivity (Wildman–Crippen MR) is 71.9 cm³/mol. The number of hydrogen-bond acceptors (Lipinski definition) is 3. The first-order valence-corrected chi connectivity index (χ1v) is 5.94. The molecule has 2 rings (SSSR count). The summed E-state index contributed by atoms with van der Waals surface area (Å²) < 4.78 is 0. The quantitative estimate of drug-likeness (QED) is 0.797. The summed E-state index contributed by atoms with van der Waals surface area (Å²) in [6.07, 6.45) is 0. The highest BCUT2D eigenvalue weighted by Crippen LogP contribution is 2.38. The zero-order valence-corrected chi connectivity index (χ0v) is 11.2. The summed E-state index contributed by atoms with van der Waals surface area (Å²) in [5.74, 6) is 0.00176. The first-order valence-electron chi connectivity index (χ1n) is 4.43. The Balaban J connectivity index is 2.72. The van der Waals surface area contributed by atoms with Crippen molar-refractivity contribution >= 4 is 52.4 Å². The van der Waals surface area contributed by atoms with Gasteiger partial charge in [-0.05, 0) is 18.2 Å². The first kappa shape index (κ1) is 12.7. The first-order chi connectivity index (χ1) is 7.99. The predicted octanol–water partition coefficient (Wildman–Crippen LogP) is 4.34. The molecule has 0 fully saturated rings. The van der Waals surface area contributed by atoms with Gasteiger partial charge in [-0.15, -0.1) is 0 Å². The van der Waals surface area contributed by atoms with Gasteiger partial charge < -0.3 is 5.73 Å². The van der Waals surface area contributed by atoms with E-state index in [-0.39, 0.29) is 16.3 Å². The molecule has 1 aromatic heterocycles. The number of nitrogen functional groups attached to an aromatic ring is 1. The number of hydrogen-bond donors (Lipinski definition) is 1. The maximum Gasteiger partial charge on any atom is 0.222 e. The zero-order chi connectivity index (χ0) is 12.6. The monoisotopic (exact) mass is 307 g/mol. The third-order valence-corrected chi connectivity index (χ3v) is 3.15. The molecule has 1 heterocycles. The van der Waals surface area contributed by atoms with Gasteiger partial charge in [0.25, 0.3) is 0 Å². The second-order valence-electron chi connectivity index (χ2n) is 3.16. The molecule has 0 unspecified atom stereocenters. The Morgan fingerprint density at radius 2 is 1.53 bits per heavy atom. The molecule has 7 heteroatoms. The molecule has 2 aromatic rings. The van der Waals surface area contributed by atoms with Crippen molar-refractivity contribution in [2.75, 3.05) is 5.73 Å². The zero-order valence-electron chi connectivity index (χ0n) is 8.22. The Morgan fingerprint density at radius 1 is 0.941 bits per heavy atom. The van der Waals surface area contributed by atoms with E-state index in [0.717, 1.165) is 0 Å². The molecule has 0 bridgehead atoms. The van der Waals surface area contributed by atoms with Crippen LogP contribution in [0, 0.1) is 0 Å². The summed E-state index contributed by atoms with van der Waals surface area (Å²) >= 11 is 23.9. The molecule has 1 aromatic carbocycles. The van der Waals surface area contributed by atoms with Gasteiger partial charge in [0.15, 0.2) is 0 Å².